The predicted octanol–water partition coefficient (Wildman–Crippen LogP) is 7.24. The third-order valence-corrected chi connectivity index (χ3v) is 4.90. The Morgan fingerprint density at radius 3 is 1.77 bits per heavy atom. The Morgan fingerprint density at radius 2 is 1.31 bits per heavy atom. The van der Waals surface area contributed by atoms with Crippen molar-refractivity contribution in [3.8, 4) is 5.75 Å². The van der Waals surface area contributed by atoms with E-state index >= 15 is 0 Å². The van der Waals surface area contributed by atoms with Gasteiger partial charge in [0.1, 0.15) is 5.75 Å². The van der Waals surface area contributed by atoms with Crippen LogP contribution in [0.15, 0.2) is 24.3 Å². The molecule has 0 heterocycles. The smallest absolute Gasteiger partial charge is 0.335 e. The number of ether oxygens (including phenoxy) is 1. The molecule has 0 aliphatic heterocycles. The van der Waals surface area contributed by atoms with E-state index in [-0.39, 0.29) is 6.10 Å². The van der Waals surface area contributed by atoms with E-state index in [4.69, 9.17) is 9.84 Å². The van der Waals surface area contributed by atoms with Crippen molar-refractivity contribution in [2.75, 3.05) is 0 Å². The number of carboxylic acids is 1. The molecule has 1 N–H and O–H groups in total. The Labute approximate surface area is 160 Å². The van der Waals surface area contributed by atoms with Gasteiger partial charge in [-0.1, -0.05) is 77.6 Å². The monoisotopic (exact) mass is 362 g/mol. The third kappa shape index (κ3) is 11.2. The minimum atomic E-state index is -0.902. The highest BCUT2D eigenvalue weighted by atomic mass is 16.5. The van der Waals surface area contributed by atoms with Gasteiger partial charge in [0.25, 0.3) is 0 Å². The highest BCUT2D eigenvalue weighted by Gasteiger charge is 2.06. The van der Waals surface area contributed by atoms with Gasteiger partial charge in [-0.15, -0.1) is 0 Å². The van der Waals surface area contributed by atoms with Crippen LogP contribution in [0.5, 0.6) is 5.75 Å². The van der Waals surface area contributed by atoms with Crippen molar-refractivity contribution in [2.24, 2.45) is 0 Å². The fourth-order valence-electron chi connectivity index (χ4n) is 3.24. The summed E-state index contributed by atoms with van der Waals surface area (Å²) >= 11 is 0. The molecule has 0 spiro atoms. The largest absolute Gasteiger partial charge is 0.491 e. The Bertz CT molecular complexity index is 467. The van der Waals surface area contributed by atoms with Gasteiger partial charge >= 0.3 is 5.97 Å². The zero-order valence-corrected chi connectivity index (χ0v) is 16.8. The summed E-state index contributed by atoms with van der Waals surface area (Å²) in [6.07, 6.45) is 17.6. The number of rotatable bonds is 16. The molecule has 0 saturated carbocycles. The Hall–Kier alpha value is -1.51. The molecule has 0 bridgehead atoms. The summed E-state index contributed by atoms with van der Waals surface area (Å²) in [7, 11) is 0. The topological polar surface area (TPSA) is 46.5 Å². The van der Waals surface area contributed by atoms with Gasteiger partial charge in [-0.3, -0.25) is 0 Å². The fraction of sp³-hybridized carbons (Fsp3) is 0.696. The highest BCUT2D eigenvalue weighted by Crippen LogP contribution is 2.17. The number of hydrogen-bond donors (Lipinski definition) is 1. The van der Waals surface area contributed by atoms with Crippen LogP contribution in [0.3, 0.4) is 0 Å². The molecule has 0 aliphatic carbocycles. The summed E-state index contributed by atoms with van der Waals surface area (Å²) in [5.41, 5.74) is 0.297. The zero-order chi connectivity index (χ0) is 19.0. The van der Waals surface area contributed by atoms with Gasteiger partial charge < -0.3 is 9.84 Å². The molecule has 1 rings (SSSR count). The lowest BCUT2D eigenvalue weighted by molar-refractivity contribution is 0.0697. The van der Waals surface area contributed by atoms with Gasteiger partial charge in [0.05, 0.1) is 11.7 Å². The SMILES string of the molecule is CCCCCCCCCCCCCCC(C)Oc1ccc(C(=O)O)cc1. The lowest BCUT2D eigenvalue weighted by atomic mass is 10.0. The van der Waals surface area contributed by atoms with E-state index < -0.39 is 5.97 Å². The second kappa shape index (κ2) is 14.6. The maximum absolute atomic E-state index is 10.8. The summed E-state index contributed by atoms with van der Waals surface area (Å²) in [5.74, 6) is -0.150. The van der Waals surface area contributed by atoms with Crippen LogP contribution in [0.4, 0.5) is 0 Å². The molecule has 3 nitrogen and oxygen atoms in total. The van der Waals surface area contributed by atoms with E-state index in [2.05, 4.69) is 13.8 Å². The lowest BCUT2D eigenvalue weighted by Gasteiger charge is -2.14. The average molecular weight is 363 g/mol. The van der Waals surface area contributed by atoms with Crippen LogP contribution in [0.25, 0.3) is 0 Å². The normalized spacial score (nSPS) is 12.1. The number of hydrogen-bond acceptors (Lipinski definition) is 2. The molecule has 0 radical (unpaired) electrons. The van der Waals surface area contributed by atoms with Gasteiger partial charge in [0.15, 0.2) is 0 Å². The molecular formula is C23H38O3. The van der Waals surface area contributed by atoms with E-state index in [9.17, 15) is 4.79 Å². The van der Waals surface area contributed by atoms with Gasteiger partial charge in [0, 0.05) is 0 Å². The van der Waals surface area contributed by atoms with E-state index in [1.54, 1.807) is 24.3 Å². The minimum absolute atomic E-state index is 0.175. The second-order valence-corrected chi connectivity index (χ2v) is 7.44. The number of unbranched alkanes of at least 4 members (excludes halogenated alkanes) is 11. The van der Waals surface area contributed by atoms with E-state index in [1.807, 2.05) is 0 Å². The summed E-state index contributed by atoms with van der Waals surface area (Å²) in [4.78, 5) is 10.8. The first-order valence-corrected chi connectivity index (χ1v) is 10.6. The van der Waals surface area contributed by atoms with Crippen LogP contribution in [-0.2, 0) is 0 Å². The molecule has 1 atom stereocenters. The maximum atomic E-state index is 10.8. The number of aromatic carboxylic acids is 1. The quantitative estimate of drug-likeness (QED) is 0.315. The van der Waals surface area contributed by atoms with Crippen LogP contribution in [0.2, 0.25) is 0 Å². The first-order valence-electron chi connectivity index (χ1n) is 10.6. The van der Waals surface area contributed by atoms with Gasteiger partial charge in [-0.25, -0.2) is 4.79 Å². The molecule has 0 aromatic heterocycles. The van der Waals surface area contributed by atoms with E-state index in [1.165, 1.54) is 77.0 Å². The van der Waals surface area contributed by atoms with Crippen LogP contribution in [0.1, 0.15) is 108 Å². The predicted molar refractivity (Wildman–Crippen MR) is 109 cm³/mol. The molecular weight excluding hydrogens is 324 g/mol. The average Bonchev–Trinajstić information content (AvgIpc) is 2.63. The minimum Gasteiger partial charge on any atom is -0.491 e. The molecule has 1 unspecified atom stereocenters. The summed E-state index contributed by atoms with van der Waals surface area (Å²) in [6.45, 7) is 4.36. The van der Waals surface area contributed by atoms with Crippen molar-refractivity contribution in [1.29, 1.82) is 0 Å². The summed E-state index contributed by atoms with van der Waals surface area (Å²) in [5, 5.41) is 8.90. The molecule has 148 valence electrons. The molecule has 1 aromatic carbocycles. The highest BCUT2D eigenvalue weighted by molar-refractivity contribution is 5.87. The van der Waals surface area contributed by atoms with Gasteiger partial charge in [0.2, 0.25) is 0 Å². The fourth-order valence-corrected chi connectivity index (χ4v) is 3.24. The molecule has 0 saturated heterocycles. The number of benzene rings is 1. The van der Waals surface area contributed by atoms with Crippen LogP contribution < -0.4 is 4.74 Å². The lowest BCUT2D eigenvalue weighted by Crippen LogP contribution is -2.11. The molecule has 0 aliphatic rings. The van der Waals surface area contributed by atoms with E-state index in [0.717, 1.165) is 12.2 Å². The maximum Gasteiger partial charge on any atom is 0.335 e. The molecule has 3 heteroatoms. The van der Waals surface area contributed by atoms with Crippen LogP contribution in [0, 0.1) is 0 Å². The third-order valence-electron chi connectivity index (χ3n) is 4.90. The Morgan fingerprint density at radius 1 is 0.846 bits per heavy atom. The van der Waals surface area contributed by atoms with Crippen molar-refractivity contribution in [2.45, 2.75) is 103 Å². The Balaban J connectivity index is 1.95. The van der Waals surface area contributed by atoms with Crippen molar-refractivity contribution in [3.63, 3.8) is 0 Å². The van der Waals surface area contributed by atoms with Crippen molar-refractivity contribution in [1.82, 2.24) is 0 Å². The van der Waals surface area contributed by atoms with Crippen LogP contribution >= 0.6 is 0 Å². The van der Waals surface area contributed by atoms with Gasteiger partial charge in [-0.05, 0) is 44.0 Å². The van der Waals surface area contributed by atoms with Gasteiger partial charge in [-0.2, -0.15) is 0 Å². The Kier molecular flexibility index (Phi) is 12.7. The standard InChI is InChI=1S/C23H38O3/c1-3-4-5-6-7-8-9-10-11-12-13-14-15-20(2)26-22-18-16-21(17-19-22)23(24)25/h16-20H,3-15H2,1-2H3,(H,24,25). The van der Waals surface area contributed by atoms with Crippen molar-refractivity contribution in [3.05, 3.63) is 29.8 Å². The van der Waals surface area contributed by atoms with Crippen LogP contribution in [-0.4, -0.2) is 17.2 Å². The first-order chi connectivity index (χ1) is 12.6. The number of carboxylic acid groups (broad SMARTS) is 1. The van der Waals surface area contributed by atoms with Crippen molar-refractivity contribution >= 4 is 5.97 Å². The molecule has 0 fully saturated rings. The second-order valence-electron chi connectivity index (χ2n) is 7.44. The van der Waals surface area contributed by atoms with Crippen molar-refractivity contribution < 1.29 is 14.6 Å². The molecule has 26 heavy (non-hydrogen) atoms. The summed E-state index contributed by atoms with van der Waals surface area (Å²) < 4.78 is 5.86. The van der Waals surface area contributed by atoms with E-state index in [0.29, 0.717) is 5.56 Å². The zero-order valence-electron chi connectivity index (χ0n) is 16.8. The number of carbonyl (C=O) groups is 1. The molecule has 0 amide bonds. The summed E-state index contributed by atoms with van der Waals surface area (Å²) in [6, 6.07) is 6.66. The first kappa shape index (κ1) is 22.5. The molecule has 1 aromatic rings.